The lowest BCUT2D eigenvalue weighted by molar-refractivity contribution is -0.116. The summed E-state index contributed by atoms with van der Waals surface area (Å²) in [6, 6.07) is 7.58. The first kappa shape index (κ1) is 18.1. The number of anilines is 1. The summed E-state index contributed by atoms with van der Waals surface area (Å²) in [4.78, 5) is 15.6. The van der Waals surface area contributed by atoms with Gasteiger partial charge in [-0.2, -0.15) is 4.31 Å². The molecule has 1 fully saturated rings. The minimum absolute atomic E-state index is 0.192. The van der Waals surface area contributed by atoms with Gasteiger partial charge in [-0.25, -0.2) is 12.8 Å². The maximum atomic E-state index is 14.7. The third-order valence-corrected chi connectivity index (χ3v) is 7.02. The standard InChI is InChI=1S/C19H20FN3O3S/c1-12-4-2-5-15(21-12)17-6-3-9-23(17)27(25,26)18-10-13-7-8-19(24)22-16(13)11-14(18)20/h2,4-5,10-11,17H,3,6-9H2,1H3,(H,22,24). The van der Waals surface area contributed by atoms with Crippen LogP contribution in [-0.2, 0) is 21.2 Å². The van der Waals surface area contributed by atoms with E-state index < -0.39 is 21.9 Å². The van der Waals surface area contributed by atoms with Crippen molar-refractivity contribution in [2.24, 2.45) is 0 Å². The van der Waals surface area contributed by atoms with Gasteiger partial charge in [0.05, 0.1) is 11.7 Å². The van der Waals surface area contributed by atoms with Gasteiger partial charge in [-0.05, 0) is 56.0 Å². The molecule has 6 nitrogen and oxygen atoms in total. The number of nitrogens with zero attached hydrogens (tertiary/aromatic N) is 2. The van der Waals surface area contributed by atoms with E-state index in [-0.39, 0.29) is 17.2 Å². The number of halogens is 1. The number of pyridine rings is 1. The van der Waals surface area contributed by atoms with Crippen LogP contribution < -0.4 is 5.32 Å². The molecule has 1 amide bonds. The monoisotopic (exact) mass is 389 g/mol. The van der Waals surface area contributed by atoms with Crippen LogP contribution in [0.15, 0.2) is 35.2 Å². The van der Waals surface area contributed by atoms with Gasteiger partial charge in [-0.3, -0.25) is 9.78 Å². The van der Waals surface area contributed by atoms with Crippen LogP contribution in [0.4, 0.5) is 10.1 Å². The molecule has 0 radical (unpaired) electrons. The van der Waals surface area contributed by atoms with E-state index in [1.165, 1.54) is 10.4 Å². The molecule has 8 heteroatoms. The first-order chi connectivity index (χ1) is 12.9. The lowest BCUT2D eigenvalue weighted by atomic mass is 10.0. The number of aryl methyl sites for hydroxylation is 2. The maximum absolute atomic E-state index is 14.7. The highest BCUT2D eigenvalue weighted by Crippen LogP contribution is 2.38. The molecule has 142 valence electrons. The van der Waals surface area contributed by atoms with Crippen LogP contribution in [-0.4, -0.2) is 30.2 Å². The molecule has 2 aliphatic heterocycles. The van der Waals surface area contributed by atoms with E-state index in [9.17, 15) is 17.6 Å². The van der Waals surface area contributed by atoms with Crippen molar-refractivity contribution in [3.8, 4) is 0 Å². The molecule has 2 aromatic rings. The third kappa shape index (κ3) is 3.23. The molecule has 0 aliphatic carbocycles. The fraction of sp³-hybridized carbons (Fsp3) is 0.368. The zero-order valence-corrected chi connectivity index (χ0v) is 15.7. The second kappa shape index (κ2) is 6.69. The summed E-state index contributed by atoms with van der Waals surface area (Å²) in [5.41, 5.74) is 2.48. The topological polar surface area (TPSA) is 79.4 Å². The molecule has 1 saturated heterocycles. The molecule has 0 spiro atoms. The third-order valence-electron chi connectivity index (χ3n) is 5.09. The normalized spacial score (nSPS) is 20.4. The van der Waals surface area contributed by atoms with Crippen LogP contribution in [0.2, 0.25) is 0 Å². The van der Waals surface area contributed by atoms with Crippen molar-refractivity contribution in [3.05, 3.63) is 53.1 Å². The van der Waals surface area contributed by atoms with Gasteiger partial charge >= 0.3 is 0 Å². The quantitative estimate of drug-likeness (QED) is 0.875. The minimum Gasteiger partial charge on any atom is -0.326 e. The zero-order valence-electron chi connectivity index (χ0n) is 14.9. The number of carbonyl (C=O) groups is 1. The van der Waals surface area contributed by atoms with E-state index in [0.717, 1.165) is 11.8 Å². The van der Waals surface area contributed by atoms with Crippen LogP contribution >= 0.6 is 0 Å². The van der Waals surface area contributed by atoms with Crippen molar-refractivity contribution in [1.82, 2.24) is 9.29 Å². The average molecular weight is 389 g/mol. The number of sulfonamides is 1. The summed E-state index contributed by atoms with van der Waals surface area (Å²) in [5, 5.41) is 2.59. The van der Waals surface area contributed by atoms with Crippen LogP contribution in [0.1, 0.15) is 42.3 Å². The predicted octanol–water partition coefficient (Wildman–Crippen LogP) is 2.94. The van der Waals surface area contributed by atoms with Crippen molar-refractivity contribution in [1.29, 1.82) is 0 Å². The van der Waals surface area contributed by atoms with E-state index in [0.29, 0.717) is 42.8 Å². The van der Waals surface area contributed by atoms with Gasteiger partial charge < -0.3 is 5.32 Å². The number of hydrogen-bond acceptors (Lipinski definition) is 4. The highest BCUT2D eigenvalue weighted by Gasteiger charge is 2.38. The van der Waals surface area contributed by atoms with E-state index in [2.05, 4.69) is 10.3 Å². The van der Waals surface area contributed by atoms with Crippen LogP contribution in [0.25, 0.3) is 0 Å². The first-order valence-electron chi connectivity index (χ1n) is 8.94. The van der Waals surface area contributed by atoms with Crippen molar-refractivity contribution >= 4 is 21.6 Å². The number of carbonyl (C=O) groups excluding carboxylic acids is 1. The maximum Gasteiger partial charge on any atom is 0.246 e. The molecule has 1 atom stereocenters. The average Bonchev–Trinajstić information content (AvgIpc) is 3.11. The zero-order chi connectivity index (χ0) is 19.2. The Labute approximate surface area is 157 Å². The Hall–Kier alpha value is -2.32. The number of rotatable bonds is 3. The molecule has 1 unspecified atom stereocenters. The van der Waals surface area contributed by atoms with Crippen LogP contribution in [0, 0.1) is 12.7 Å². The summed E-state index contributed by atoms with van der Waals surface area (Å²) in [6.45, 7) is 2.19. The van der Waals surface area contributed by atoms with Gasteiger partial charge in [0.2, 0.25) is 15.9 Å². The molecule has 0 saturated carbocycles. The largest absolute Gasteiger partial charge is 0.326 e. The molecule has 1 aromatic heterocycles. The number of amides is 1. The van der Waals surface area contributed by atoms with Gasteiger partial charge in [0, 0.05) is 24.3 Å². The molecule has 4 rings (SSSR count). The smallest absolute Gasteiger partial charge is 0.246 e. The minimum atomic E-state index is -4.02. The summed E-state index contributed by atoms with van der Waals surface area (Å²) in [5.74, 6) is -1.04. The van der Waals surface area contributed by atoms with Gasteiger partial charge in [0.1, 0.15) is 10.7 Å². The van der Waals surface area contributed by atoms with Gasteiger partial charge in [0.25, 0.3) is 0 Å². The summed E-state index contributed by atoms with van der Waals surface area (Å²) in [6.07, 6.45) is 2.00. The van der Waals surface area contributed by atoms with E-state index in [1.54, 1.807) is 0 Å². The van der Waals surface area contributed by atoms with Crippen molar-refractivity contribution in [2.45, 2.75) is 43.5 Å². The van der Waals surface area contributed by atoms with Gasteiger partial charge in [-0.1, -0.05) is 6.07 Å². The fourth-order valence-electron chi connectivity index (χ4n) is 3.78. The number of aromatic nitrogens is 1. The predicted molar refractivity (Wildman–Crippen MR) is 98.2 cm³/mol. The molecule has 1 N–H and O–H groups in total. The number of fused-ring (bicyclic) bond motifs is 1. The number of hydrogen-bond donors (Lipinski definition) is 1. The van der Waals surface area contributed by atoms with Crippen molar-refractivity contribution in [2.75, 3.05) is 11.9 Å². The first-order valence-corrected chi connectivity index (χ1v) is 10.4. The molecule has 2 aliphatic rings. The van der Waals surface area contributed by atoms with Gasteiger partial charge in [-0.15, -0.1) is 0 Å². The lowest BCUT2D eigenvalue weighted by Gasteiger charge is -2.25. The summed E-state index contributed by atoms with van der Waals surface area (Å²) < 4.78 is 42.5. The Morgan fingerprint density at radius 1 is 1.26 bits per heavy atom. The molecule has 1 aromatic carbocycles. The van der Waals surface area contributed by atoms with E-state index >= 15 is 0 Å². The Balaban J connectivity index is 1.74. The van der Waals surface area contributed by atoms with Gasteiger partial charge in [0.15, 0.2) is 0 Å². The van der Waals surface area contributed by atoms with Crippen molar-refractivity contribution < 1.29 is 17.6 Å². The number of nitrogens with one attached hydrogen (secondary N) is 1. The molecule has 3 heterocycles. The molecule has 0 bridgehead atoms. The Morgan fingerprint density at radius 3 is 2.85 bits per heavy atom. The molecule has 27 heavy (non-hydrogen) atoms. The lowest BCUT2D eigenvalue weighted by Crippen LogP contribution is -2.32. The highest BCUT2D eigenvalue weighted by molar-refractivity contribution is 7.89. The van der Waals surface area contributed by atoms with Crippen LogP contribution in [0.3, 0.4) is 0 Å². The number of benzene rings is 1. The van der Waals surface area contributed by atoms with Crippen molar-refractivity contribution in [3.63, 3.8) is 0 Å². The second-order valence-corrected chi connectivity index (χ2v) is 8.82. The second-order valence-electron chi connectivity index (χ2n) is 6.97. The highest BCUT2D eigenvalue weighted by atomic mass is 32.2. The Bertz CT molecular complexity index is 1020. The Kier molecular flexibility index (Phi) is 4.47. The molecular weight excluding hydrogens is 369 g/mol. The fourth-order valence-corrected chi connectivity index (χ4v) is 5.54. The van der Waals surface area contributed by atoms with Crippen LogP contribution in [0.5, 0.6) is 0 Å². The summed E-state index contributed by atoms with van der Waals surface area (Å²) in [7, 11) is -4.02. The summed E-state index contributed by atoms with van der Waals surface area (Å²) >= 11 is 0. The SMILES string of the molecule is Cc1cccc(C2CCCN2S(=O)(=O)c2cc3c(cc2F)NC(=O)CC3)n1. The van der Waals surface area contributed by atoms with E-state index in [4.69, 9.17) is 0 Å². The Morgan fingerprint density at radius 2 is 2.07 bits per heavy atom. The van der Waals surface area contributed by atoms with E-state index in [1.807, 2.05) is 25.1 Å². The molecular formula is C19H20FN3O3S.